The van der Waals surface area contributed by atoms with Crippen molar-refractivity contribution in [3.63, 3.8) is 0 Å². The Bertz CT molecular complexity index is 701. The summed E-state index contributed by atoms with van der Waals surface area (Å²) in [7, 11) is 0. The first-order chi connectivity index (χ1) is 11.1. The number of para-hydroxylation sites is 1. The number of benzene rings is 1. The highest BCUT2D eigenvalue weighted by molar-refractivity contribution is 5.90. The molecule has 0 spiro atoms. The SMILES string of the molecule is O=C(O)CC1CN(C(=O)c2ncn(-c3ccccc3)n2)CCO1. The minimum Gasteiger partial charge on any atom is -0.481 e. The molecule has 8 nitrogen and oxygen atoms in total. The van der Waals surface area contributed by atoms with Gasteiger partial charge in [0, 0.05) is 13.1 Å². The molecule has 1 saturated heterocycles. The van der Waals surface area contributed by atoms with E-state index in [1.807, 2.05) is 30.3 Å². The predicted molar refractivity (Wildman–Crippen MR) is 79.3 cm³/mol. The number of aromatic nitrogens is 3. The van der Waals surface area contributed by atoms with Crippen molar-refractivity contribution in [2.75, 3.05) is 19.7 Å². The molecule has 1 aliphatic rings. The third-order valence-electron chi connectivity index (χ3n) is 3.53. The van der Waals surface area contributed by atoms with Crippen LogP contribution in [0.3, 0.4) is 0 Å². The van der Waals surface area contributed by atoms with Crippen molar-refractivity contribution < 1.29 is 19.4 Å². The van der Waals surface area contributed by atoms with Crippen molar-refractivity contribution in [2.24, 2.45) is 0 Å². The Labute approximate surface area is 132 Å². The van der Waals surface area contributed by atoms with Crippen molar-refractivity contribution in [3.8, 4) is 5.69 Å². The van der Waals surface area contributed by atoms with E-state index in [4.69, 9.17) is 9.84 Å². The molecule has 0 bridgehead atoms. The van der Waals surface area contributed by atoms with Gasteiger partial charge in [-0.1, -0.05) is 18.2 Å². The summed E-state index contributed by atoms with van der Waals surface area (Å²) in [6.07, 6.45) is 0.856. The number of carbonyl (C=O) groups excluding carboxylic acids is 1. The number of carboxylic acids is 1. The molecule has 3 rings (SSSR count). The van der Waals surface area contributed by atoms with Gasteiger partial charge in [-0.05, 0) is 12.1 Å². The lowest BCUT2D eigenvalue weighted by molar-refractivity contribution is -0.141. The van der Waals surface area contributed by atoms with Crippen LogP contribution in [0, 0.1) is 0 Å². The molecule has 1 fully saturated rings. The fourth-order valence-electron chi connectivity index (χ4n) is 2.43. The number of aliphatic carboxylic acids is 1. The first-order valence-electron chi connectivity index (χ1n) is 7.23. The summed E-state index contributed by atoms with van der Waals surface area (Å²) in [6.45, 7) is 0.933. The molecule has 0 aliphatic carbocycles. The highest BCUT2D eigenvalue weighted by atomic mass is 16.5. The maximum atomic E-state index is 12.5. The number of carboxylic acid groups (broad SMARTS) is 1. The van der Waals surface area contributed by atoms with Crippen molar-refractivity contribution in [1.82, 2.24) is 19.7 Å². The molecule has 23 heavy (non-hydrogen) atoms. The van der Waals surface area contributed by atoms with E-state index >= 15 is 0 Å². The zero-order valence-corrected chi connectivity index (χ0v) is 12.3. The van der Waals surface area contributed by atoms with Crippen LogP contribution >= 0.6 is 0 Å². The minimum atomic E-state index is -0.948. The first-order valence-corrected chi connectivity index (χ1v) is 7.23. The molecular formula is C15H16N4O4. The molecule has 1 amide bonds. The zero-order chi connectivity index (χ0) is 16.2. The van der Waals surface area contributed by atoms with Crippen molar-refractivity contribution in [1.29, 1.82) is 0 Å². The van der Waals surface area contributed by atoms with E-state index in [2.05, 4.69) is 10.1 Å². The molecule has 120 valence electrons. The Morgan fingerprint density at radius 3 is 2.83 bits per heavy atom. The van der Waals surface area contributed by atoms with Crippen LogP contribution < -0.4 is 0 Å². The maximum Gasteiger partial charge on any atom is 0.306 e. The molecule has 1 atom stereocenters. The lowest BCUT2D eigenvalue weighted by Gasteiger charge is -2.31. The van der Waals surface area contributed by atoms with Crippen LogP contribution in [-0.4, -0.2) is 62.4 Å². The van der Waals surface area contributed by atoms with Gasteiger partial charge in [-0.2, -0.15) is 0 Å². The fraction of sp³-hybridized carbons (Fsp3) is 0.333. The normalized spacial score (nSPS) is 17.9. The molecule has 0 radical (unpaired) electrons. The molecule has 1 aromatic heterocycles. The number of nitrogens with zero attached hydrogens (tertiary/aromatic N) is 4. The average Bonchev–Trinajstić information content (AvgIpc) is 3.04. The highest BCUT2D eigenvalue weighted by Crippen LogP contribution is 2.12. The largest absolute Gasteiger partial charge is 0.481 e. The van der Waals surface area contributed by atoms with E-state index in [9.17, 15) is 9.59 Å². The smallest absolute Gasteiger partial charge is 0.306 e. The molecule has 1 unspecified atom stereocenters. The topological polar surface area (TPSA) is 97.6 Å². The summed E-state index contributed by atoms with van der Waals surface area (Å²) in [5.74, 6) is -1.18. The fourth-order valence-corrected chi connectivity index (χ4v) is 2.43. The van der Waals surface area contributed by atoms with Gasteiger partial charge in [0.1, 0.15) is 6.33 Å². The van der Waals surface area contributed by atoms with Crippen LogP contribution in [0.4, 0.5) is 0 Å². The predicted octanol–water partition coefficient (Wildman–Crippen LogP) is 0.583. The summed E-state index contributed by atoms with van der Waals surface area (Å²) in [5, 5.41) is 13.0. The van der Waals surface area contributed by atoms with Crippen LogP contribution in [-0.2, 0) is 9.53 Å². The Morgan fingerprint density at radius 1 is 1.30 bits per heavy atom. The second kappa shape index (κ2) is 6.57. The maximum absolute atomic E-state index is 12.5. The minimum absolute atomic E-state index is 0.0878. The zero-order valence-electron chi connectivity index (χ0n) is 12.3. The number of carbonyl (C=O) groups is 2. The third kappa shape index (κ3) is 3.54. The van der Waals surface area contributed by atoms with Gasteiger partial charge >= 0.3 is 5.97 Å². The average molecular weight is 316 g/mol. The number of amides is 1. The first kappa shape index (κ1) is 15.2. The third-order valence-corrected chi connectivity index (χ3v) is 3.53. The molecule has 1 aromatic carbocycles. The lowest BCUT2D eigenvalue weighted by Crippen LogP contribution is -2.46. The van der Waals surface area contributed by atoms with Crippen LogP contribution in [0.15, 0.2) is 36.7 Å². The van der Waals surface area contributed by atoms with Crippen LogP contribution in [0.1, 0.15) is 17.0 Å². The van der Waals surface area contributed by atoms with Gasteiger partial charge in [-0.3, -0.25) is 9.59 Å². The molecule has 2 aromatic rings. The Hall–Kier alpha value is -2.74. The van der Waals surface area contributed by atoms with Gasteiger partial charge < -0.3 is 14.7 Å². The summed E-state index contributed by atoms with van der Waals surface area (Å²) >= 11 is 0. The van der Waals surface area contributed by atoms with Gasteiger partial charge in [-0.15, -0.1) is 5.10 Å². The van der Waals surface area contributed by atoms with Crippen molar-refractivity contribution >= 4 is 11.9 Å². The summed E-state index contributed by atoms with van der Waals surface area (Å²) in [6, 6.07) is 9.36. The summed E-state index contributed by atoms with van der Waals surface area (Å²) < 4.78 is 6.89. The van der Waals surface area contributed by atoms with Gasteiger partial charge in [0.15, 0.2) is 0 Å². The van der Waals surface area contributed by atoms with E-state index in [1.165, 1.54) is 15.9 Å². The van der Waals surface area contributed by atoms with Crippen molar-refractivity contribution in [2.45, 2.75) is 12.5 Å². The monoisotopic (exact) mass is 316 g/mol. The van der Waals surface area contributed by atoms with Gasteiger partial charge in [0.2, 0.25) is 5.82 Å². The summed E-state index contributed by atoms with van der Waals surface area (Å²) in [5.41, 5.74) is 0.810. The lowest BCUT2D eigenvalue weighted by atomic mass is 10.2. The molecule has 1 N–H and O–H groups in total. The Balaban J connectivity index is 1.71. The number of ether oxygens (including phenoxy) is 1. The van der Waals surface area contributed by atoms with Crippen molar-refractivity contribution in [3.05, 3.63) is 42.5 Å². The van der Waals surface area contributed by atoms with E-state index in [-0.39, 0.29) is 24.7 Å². The van der Waals surface area contributed by atoms with E-state index in [0.29, 0.717) is 13.2 Å². The second-order valence-electron chi connectivity index (χ2n) is 5.19. The molecule has 0 saturated carbocycles. The van der Waals surface area contributed by atoms with Gasteiger partial charge in [0.25, 0.3) is 5.91 Å². The summed E-state index contributed by atoms with van der Waals surface area (Å²) in [4.78, 5) is 28.8. The van der Waals surface area contributed by atoms with Crippen LogP contribution in [0.5, 0.6) is 0 Å². The van der Waals surface area contributed by atoms with E-state index in [1.54, 1.807) is 0 Å². The number of hydrogen-bond donors (Lipinski definition) is 1. The number of hydrogen-bond acceptors (Lipinski definition) is 5. The Kier molecular flexibility index (Phi) is 4.33. The van der Waals surface area contributed by atoms with Gasteiger partial charge in [0.05, 0.1) is 24.8 Å². The molecule has 8 heteroatoms. The van der Waals surface area contributed by atoms with E-state index < -0.39 is 12.1 Å². The molecule has 1 aliphatic heterocycles. The van der Waals surface area contributed by atoms with E-state index in [0.717, 1.165) is 5.69 Å². The molecular weight excluding hydrogens is 300 g/mol. The molecule has 2 heterocycles. The van der Waals surface area contributed by atoms with Crippen LogP contribution in [0.2, 0.25) is 0 Å². The number of morpholine rings is 1. The number of rotatable bonds is 4. The quantitative estimate of drug-likeness (QED) is 0.886. The van der Waals surface area contributed by atoms with Crippen LogP contribution in [0.25, 0.3) is 5.69 Å². The highest BCUT2D eigenvalue weighted by Gasteiger charge is 2.28. The van der Waals surface area contributed by atoms with Gasteiger partial charge in [-0.25, -0.2) is 9.67 Å². The Morgan fingerprint density at radius 2 is 2.09 bits per heavy atom. The standard InChI is InChI=1S/C15H16N4O4/c20-13(21)8-12-9-18(6-7-23-12)15(22)14-16-10-19(17-14)11-4-2-1-3-5-11/h1-5,10,12H,6-9H2,(H,20,21). The second-order valence-corrected chi connectivity index (χ2v) is 5.19.